The Hall–Kier alpha value is -1.62. The molecule has 0 aromatic heterocycles. The van der Waals surface area contributed by atoms with Gasteiger partial charge in [-0.05, 0) is 18.6 Å². The quantitative estimate of drug-likeness (QED) is 0.789. The molecule has 1 heterocycles. The second kappa shape index (κ2) is 4.71. The Morgan fingerprint density at radius 3 is 3.00 bits per heavy atom. The molecule has 17 heavy (non-hydrogen) atoms. The molecule has 1 atom stereocenters. The molecule has 0 bridgehead atoms. The summed E-state index contributed by atoms with van der Waals surface area (Å²) in [5.41, 5.74) is 5.70. The van der Waals surface area contributed by atoms with Crippen molar-refractivity contribution in [3.63, 3.8) is 0 Å². The van der Waals surface area contributed by atoms with Gasteiger partial charge in [0.2, 0.25) is 0 Å². The number of nitrogen functional groups attached to an aromatic ring is 1. The van der Waals surface area contributed by atoms with Gasteiger partial charge in [-0.15, -0.1) is 0 Å². The summed E-state index contributed by atoms with van der Waals surface area (Å²) in [4.78, 5) is 13.7. The molecule has 1 amide bonds. The number of carbonyl (C=O) groups excluding carboxylic acids is 1. The first-order valence-corrected chi connectivity index (χ1v) is 5.49. The molecular weight excluding hydrogens is 223 g/mol. The number of carbonyl (C=O) groups is 1. The molecule has 0 saturated carbocycles. The van der Waals surface area contributed by atoms with Gasteiger partial charge in [-0.3, -0.25) is 4.79 Å². The zero-order chi connectivity index (χ0) is 12.4. The number of likely N-dealkylation sites (tertiary alicyclic amines) is 1. The Bertz CT molecular complexity index is 437. The van der Waals surface area contributed by atoms with Crippen LogP contribution >= 0.6 is 0 Å². The summed E-state index contributed by atoms with van der Waals surface area (Å²) < 4.78 is 18.4. The summed E-state index contributed by atoms with van der Waals surface area (Å²) in [6.45, 7) is 1.15. The van der Waals surface area contributed by atoms with Crippen molar-refractivity contribution in [2.24, 2.45) is 0 Å². The number of ether oxygens (including phenoxy) is 1. The van der Waals surface area contributed by atoms with Crippen molar-refractivity contribution in [1.82, 2.24) is 4.90 Å². The molecule has 0 spiro atoms. The van der Waals surface area contributed by atoms with E-state index in [-0.39, 0.29) is 23.3 Å². The van der Waals surface area contributed by atoms with E-state index in [1.807, 2.05) is 0 Å². The molecule has 5 heteroatoms. The Morgan fingerprint density at radius 2 is 2.35 bits per heavy atom. The van der Waals surface area contributed by atoms with E-state index in [0.29, 0.717) is 13.1 Å². The highest BCUT2D eigenvalue weighted by Crippen LogP contribution is 2.21. The summed E-state index contributed by atoms with van der Waals surface area (Å²) in [5, 5.41) is 0. The fourth-order valence-electron chi connectivity index (χ4n) is 2.00. The van der Waals surface area contributed by atoms with Crippen molar-refractivity contribution in [1.29, 1.82) is 0 Å². The number of rotatable bonds is 2. The smallest absolute Gasteiger partial charge is 0.256 e. The largest absolute Gasteiger partial charge is 0.396 e. The lowest BCUT2D eigenvalue weighted by atomic mass is 10.1. The van der Waals surface area contributed by atoms with E-state index in [0.717, 1.165) is 6.42 Å². The monoisotopic (exact) mass is 238 g/mol. The van der Waals surface area contributed by atoms with Crippen molar-refractivity contribution >= 4 is 11.6 Å². The Kier molecular flexibility index (Phi) is 3.28. The van der Waals surface area contributed by atoms with Crippen LogP contribution in [0.1, 0.15) is 16.8 Å². The van der Waals surface area contributed by atoms with Gasteiger partial charge in [0.1, 0.15) is 5.82 Å². The summed E-state index contributed by atoms with van der Waals surface area (Å²) in [6.07, 6.45) is 0.867. The number of amides is 1. The zero-order valence-electron chi connectivity index (χ0n) is 9.65. The van der Waals surface area contributed by atoms with E-state index >= 15 is 0 Å². The van der Waals surface area contributed by atoms with Gasteiger partial charge in [-0.25, -0.2) is 4.39 Å². The third kappa shape index (κ3) is 2.24. The molecule has 92 valence electrons. The molecule has 0 radical (unpaired) electrons. The van der Waals surface area contributed by atoms with Crippen molar-refractivity contribution in [3.8, 4) is 0 Å². The first kappa shape index (κ1) is 11.9. The van der Waals surface area contributed by atoms with Gasteiger partial charge >= 0.3 is 0 Å². The molecule has 1 fully saturated rings. The average molecular weight is 238 g/mol. The maximum atomic E-state index is 13.2. The first-order valence-electron chi connectivity index (χ1n) is 5.49. The lowest BCUT2D eigenvalue weighted by Crippen LogP contribution is -2.30. The van der Waals surface area contributed by atoms with Crippen LogP contribution in [0.15, 0.2) is 18.2 Å². The van der Waals surface area contributed by atoms with Gasteiger partial charge in [0, 0.05) is 20.2 Å². The molecule has 1 unspecified atom stereocenters. The van der Waals surface area contributed by atoms with Crippen LogP contribution in [-0.2, 0) is 4.74 Å². The fraction of sp³-hybridized carbons (Fsp3) is 0.417. The number of nitrogens with two attached hydrogens (primary N) is 1. The van der Waals surface area contributed by atoms with E-state index in [2.05, 4.69) is 0 Å². The van der Waals surface area contributed by atoms with Crippen molar-refractivity contribution in [2.45, 2.75) is 12.5 Å². The molecule has 1 saturated heterocycles. The highest BCUT2D eigenvalue weighted by Gasteiger charge is 2.28. The molecule has 1 aliphatic heterocycles. The predicted molar refractivity (Wildman–Crippen MR) is 62.1 cm³/mol. The minimum absolute atomic E-state index is 0.0636. The molecule has 0 aliphatic carbocycles. The lowest BCUT2D eigenvalue weighted by molar-refractivity contribution is 0.0725. The van der Waals surface area contributed by atoms with Crippen LogP contribution in [-0.4, -0.2) is 37.1 Å². The van der Waals surface area contributed by atoms with Crippen molar-refractivity contribution < 1.29 is 13.9 Å². The van der Waals surface area contributed by atoms with Gasteiger partial charge < -0.3 is 15.4 Å². The summed E-state index contributed by atoms with van der Waals surface area (Å²) in [7, 11) is 1.62. The minimum Gasteiger partial charge on any atom is -0.396 e. The van der Waals surface area contributed by atoms with Crippen LogP contribution in [0.25, 0.3) is 0 Å². The maximum Gasteiger partial charge on any atom is 0.256 e. The van der Waals surface area contributed by atoms with Gasteiger partial charge in [-0.1, -0.05) is 6.07 Å². The molecule has 2 rings (SSSR count). The van der Waals surface area contributed by atoms with Gasteiger partial charge in [0.05, 0.1) is 17.4 Å². The fourth-order valence-corrected chi connectivity index (χ4v) is 2.00. The topological polar surface area (TPSA) is 55.6 Å². The van der Waals surface area contributed by atoms with Crippen molar-refractivity contribution in [3.05, 3.63) is 29.6 Å². The predicted octanol–water partition coefficient (Wildman–Crippen LogP) is 1.27. The molecule has 1 aromatic carbocycles. The number of nitrogens with zero attached hydrogens (tertiary/aromatic N) is 1. The van der Waals surface area contributed by atoms with E-state index in [1.165, 1.54) is 12.1 Å². The van der Waals surface area contributed by atoms with Gasteiger partial charge in [-0.2, -0.15) is 0 Å². The highest BCUT2D eigenvalue weighted by molar-refractivity contribution is 5.99. The van der Waals surface area contributed by atoms with Gasteiger partial charge in [0.25, 0.3) is 5.91 Å². The average Bonchev–Trinajstić information content (AvgIpc) is 2.80. The number of benzene rings is 1. The van der Waals surface area contributed by atoms with Crippen LogP contribution < -0.4 is 5.73 Å². The Balaban J connectivity index is 2.18. The third-order valence-electron chi connectivity index (χ3n) is 3.05. The summed E-state index contributed by atoms with van der Waals surface area (Å²) in [6, 6.07) is 4.28. The minimum atomic E-state index is -0.557. The number of hydrogen-bond acceptors (Lipinski definition) is 3. The van der Waals surface area contributed by atoms with E-state index in [4.69, 9.17) is 10.5 Å². The first-order chi connectivity index (χ1) is 8.13. The lowest BCUT2D eigenvalue weighted by Gasteiger charge is -2.17. The second-order valence-electron chi connectivity index (χ2n) is 4.10. The molecule has 1 aliphatic rings. The molecule has 1 aromatic rings. The van der Waals surface area contributed by atoms with Crippen LogP contribution in [0, 0.1) is 5.82 Å². The molecule has 2 N–H and O–H groups in total. The van der Waals surface area contributed by atoms with E-state index < -0.39 is 5.82 Å². The number of halogens is 1. The summed E-state index contributed by atoms with van der Waals surface area (Å²) in [5.74, 6) is -0.792. The van der Waals surface area contributed by atoms with E-state index in [9.17, 15) is 9.18 Å². The Labute approximate surface area is 99.2 Å². The SMILES string of the molecule is COC1CCN(C(=O)c2cccc(F)c2N)C1. The van der Waals surface area contributed by atoms with Crippen LogP contribution in [0.3, 0.4) is 0 Å². The van der Waals surface area contributed by atoms with E-state index in [1.54, 1.807) is 18.1 Å². The van der Waals surface area contributed by atoms with Gasteiger partial charge in [0.15, 0.2) is 0 Å². The number of para-hydroxylation sites is 1. The number of methoxy groups -OCH3 is 1. The maximum absolute atomic E-state index is 13.2. The standard InChI is InChI=1S/C12H15FN2O2/c1-17-8-5-6-15(7-8)12(16)9-3-2-4-10(13)11(9)14/h2-4,8H,5-7,14H2,1H3. The van der Waals surface area contributed by atoms with Crippen LogP contribution in [0.5, 0.6) is 0 Å². The zero-order valence-corrected chi connectivity index (χ0v) is 9.65. The second-order valence-corrected chi connectivity index (χ2v) is 4.10. The number of hydrogen-bond donors (Lipinski definition) is 1. The number of anilines is 1. The van der Waals surface area contributed by atoms with Crippen molar-refractivity contribution in [2.75, 3.05) is 25.9 Å². The highest BCUT2D eigenvalue weighted by atomic mass is 19.1. The molecule has 4 nitrogen and oxygen atoms in total. The third-order valence-corrected chi connectivity index (χ3v) is 3.05. The molecular formula is C12H15FN2O2. The normalized spacial score (nSPS) is 19.6. The Morgan fingerprint density at radius 1 is 1.59 bits per heavy atom. The summed E-state index contributed by atoms with van der Waals surface area (Å²) >= 11 is 0. The van der Waals surface area contributed by atoms with Crippen LogP contribution in [0.4, 0.5) is 10.1 Å². The van der Waals surface area contributed by atoms with Crippen LogP contribution in [0.2, 0.25) is 0 Å².